The van der Waals surface area contributed by atoms with E-state index >= 15 is 0 Å². The molecule has 19 heavy (non-hydrogen) atoms. The van der Waals surface area contributed by atoms with E-state index in [1.807, 2.05) is 0 Å². The van der Waals surface area contributed by atoms with Gasteiger partial charge in [-0.05, 0) is 45.2 Å². The van der Waals surface area contributed by atoms with E-state index in [4.69, 9.17) is 0 Å². The van der Waals surface area contributed by atoms with Crippen molar-refractivity contribution >= 4 is 0 Å². The molecule has 1 aliphatic carbocycles. The number of aliphatic hydroxyl groups is 1. The minimum absolute atomic E-state index is 0.0743. The van der Waals surface area contributed by atoms with Crippen LogP contribution in [0.3, 0.4) is 0 Å². The normalized spacial score (nSPS) is 24.9. The van der Waals surface area contributed by atoms with Crippen LogP contribution in [0.1, 0.15) is 84.0 Å². The molecule has 0 bridgehead atoms. The molecule has 0 spiro atoms. The second kappa shape index (κ2) is 7.64. The van der Waals surface area contributed by atoms with Gasteiger partial charge in [-0.1, -0.05) is 51.9 Å². The van der Waals surface area contributed by atoms with Crippen molar-refractivity contribution in [1.82, 2.24) is 4.90 Å². The smallest absolute Gasteiger partial charge is 0.0723 e. The lowest BCUT2D eigenvalue weighted by atomic mass is 9.85. The maximum atomic E-state index is 10.8. The van der Waals surface area contributed by atoms with Crippen LogP contribution in [-0.4, -0.2) is 34.7 Å². The molecular formula is C17H33NO. The number of hydrogen-bond donors (Lipinski definition) is 1. The molecule has 1 N–H and O–H groups in total. The highest BCUT2D eigenvalue weighted by Gasteiger charge is 2.45. The lowest BCUT2D eigenvalue weighted by molar-refractivity contribution is -0.0231. The lowest BCUT2D eigenvalue weighted by Gasteiger charge is -2.43. The van der Waals surface area contributed by atoms with Gasteiger partial charge in [-0.15, -0.1) is 0 Å². The summed E-state index contributed by atoms with van der Waals surface area (Å²) >= 11 is 0. The number of hydrogen-bond acceptors (Lipinski definition) is 2. The second-order valence-corrected chi connectivity index (χ2v) is 6.72. The number of likely N-dealkylation sites (tertiary alicyclic amines) is 1. The van der Waals surface area contributed by atoms with Crippen molar-refractivity contribution < 1.29 is 5.11 Å². The lowest BCUT2D eigenvalue weighted by Crippen LogP contribution is -2.53. The van der Waals surface area contributed by atoms with E-state index in [-0.39, 0.29) is 11.6 Å². The van der Waals surface area contributed by atoms with E-state index in [9.17, 15) is 5.11 Å². The van der Waals surface area contributed by atoms with Gasteiger partial charge < -0.3 is 5.11 Å². The molecule has 1 unspecified atom stereocenters. The van der Waals surface area contributed by atoms with E-state index in [0.29, 0.717) is 0 Å². The van der Waals surface area contributed by atoms with Crippen molar-refractivity contribution in [2.24, 2.45) is 0 Å². The summed E-state index contributed by atoms with van der Waals surface area (Å²) in [5.74, 6) is 0. The molecule has 2 fully saturated rings. The van der Waals surface area contributed by atoms with Crippen molar-refractivity contribution in [3.63, 3.8) is 0 Å². The molecule has 0 aromatic heterocycles. The summed E-state index contributed by atoms with van der Waals surface area (Å²) in [6.45, 7) is 4.72. The molecule has 0 amide bonds. The van der Waals surface area contributed by atoms with E-state index in [0.717, 1.165) is 6.42 Å². The third kappa shape index (κ3) is 3.72. The fourth-order valence-electron chi connectivity index (χ4n) is 4.22. The highest BCUT2D eigenvalue weighted by atomic mass is 16.3. The Morgan fingerprint density at radius 1 is 0.947 bits per heavy atom. The summed E-state index contributed by atoms with van der Waals surface area (Å²) in [6, 6.07) is 0. The van der Waals surface area contributed by atoms with Crippen LogP contribution in [0.15, 0.2) is 0 Å². The van der Waals surface area contributed by atoms with Gasteiger partial charge in [0.1, 0.15) is 0 Å². The summed E-state index contributed by atoms with van der Waals surface area (Å²) < 4.78 is 0. The summed E-state index contributed by atoms with van der Waals surface area (Å²) in [5.41, 5.74) is 0.168. The van der Waals surface area contributed by atoms with Crippen LogP contribution in [0.5, 0.6) is 0 Å². The van der Waals surface area contributed by atoms with Gasteiger partial charge in [0.05, 0.1) is 6.10 Å². The molecule has 112 valence electrons. The Morgan fingerprint density at radius 3 is 2.21 bits per heavy atom. The molecule has 1 saturated heterocycles. The van der Waals surface area contributed by atoms with Gasteiger partial charge >= 0.3 is 0 Å². The van der Waals surface area contributed by atoms with Crippen LogP contribution < -0.4 is 0 Å². The zero-order valence-corrected chi connectivity index (χ0v) is 12.9. The first-order valence-corrected chi connectivity index (χ1v) is 8.73. The zero-order valence-electron chi connectivity index (χ0n) is 12.9. The Bertz CT molecular complexity index is 242. The zero-order chi connectivity index (χ0) is 13.6. The molecule has 1 aliphatic heterocycles. The Labute approximate surface area is 119 Å². The van der Waals surface area contributed by atoms with Gasteiger partial charge in [-0.2, -0.15) is 0 Å². The molecule has 2 rings (SSSR count). The molecule has 2 heteroatoms. The van der Waals surface area contributed by atoms with E-state index < -0.39 is 0 Å². The van der Waals surface area contributed by atoms with Gasteiger partial charge in [-0.3, -0.25) is 4.90 Å². The molecular weight excluding hydrogens is 234 g/mol. The van der Waals surface area contributed by atoms with Crippen LogP contribution in [0, 0.1) is 0 Å². The van der Waals surface area contributed by atoms with E-state index in [1.165, 1.54) is 83.7 Å². The average Bonchev–Trinajstić information content (AvgIpc) is 3.09. The number of rotatable bonds is 8. The fraction of sp³-hybridized carbons (Fsp3) is 1.00. The minimum Gasteiger partial charge on any atom is -0.391 e. The molecule has 2 nitrogen and oxygen atoms in total. The third-order valence-electron chi connectivity index (χ3n) is 5.41. The van der Waals surface area contributed by atoms with Gasteiger partial charge in [0.2, 0.25) is 0 Å². The summed E-state index contributed by atoms with van der Waals surface area (Å²) in [4.78, 5) is 2.64. The van der Waals surface area contributed by atoms with Gasteiger partial charge in [0.15, 0.2) is 0 Å². The minimum atomic E-state index is -0.0743. The van der Waals surface area contributed by atoms with Crippen LogP contribution in [0.2, 0.25) is 0 Å². The standard InChI is InChI=1S/C17H33NO/c1-2-3-4-5-6-11-16(19)17(12-7-8-13-17)18-14-9-10-15-18/h16,19H,2-15H2,1H3. The van der Waals surface area contributed by atoms with Crippen molar-refractivity contribution in [2.75, 3.05) is 13.1 Å². The first-order chi connectivity index (χ1) is 9.29. The van der Waals surface area contributed by atoms with Gasteiger partial charge in [0, 0.05) is 5.54 Å². The predicted molar refractivity (Wildman–Crippen MR) is 81.4 cm³/mol. The van der Waals surface area contributed by atoms with Gasteiger partial charge in [0.25, 0.3) is 0 Å². The summed E-state index contributed by atoms with van der Waals surface area (Å²) in [6.07, 6.45) is 15.3. The molecule has 1 saturated carbocycles. The average molecular weight is 267 g/mol. The first-order valence-electron chi connectivity index (χ1n) is 8.73. The molecule has 1 atom stereocenters. The number of nitrogens with zero attached hydrogens (tertiary/aromatic N) is 1. The number of aliphatic hydroxyl groups excluding tert-OH is 1. The monoisotopic (exact) mass is 267 g/mol. The second-order valence-electron chi connectivity index (χ2n) is 6.72. The van der Waals surface area contributed by atoms with Crippen LogP contribution in [0.4, 0.5) is 0 Å². The van der Waals surface area contributed by atoms with Crippen LogP contribution in [0.25, 0.3) is 0 Å². The Hall–Kier alpha value is -0.0800. The largest absolute Gasteiger partial charge is 0.391 e. The Morgan fingerprint density at radius 2 is 1.58 bits per heavy atom. The van der Waals surface area contributed by atoms with E-state index in [2.05, 4.69) is 11.8 Å². The van der Waals surface area contributed by atoms with Gasteiger partial charge in [-0.25, -0.2) is 0 Å². The number of unbranched alkanes of at least 4 members (excludes halogenated alkanes) is 4. The Balaban J connectivity index is 1.80. The van der Waals surface area contributed by atoms with E-state index in [1.54, 1.807) is 0 Å². The van der Waals surface area contributed by atoms with Crippen molar-refractivity contribution in [3.8, 4) is 0 Å². The van der Waals surface area contributed by atoms with Crippen molar-refractivity contribution in [3.05, 3.63) is 0 Å². The highest BCUT2D eigenvalue weighted by Crippen LogP contribution is 2.41. The molecule has 0 radical (unpaired) electrons. The molecule has 0 aromatic carbocycles. The van der Waals surface area contributed by atoms with Crippen LogP contribution >= 0.6 is 0 Å². The topological polar surface area (TPSA) is 23.5 Å². The van der Waals surface area contributed by atoms with Crippen molar-refractivity contribution in [1.29, 1.82) is 0 Å². The van der Waals surface area contributed by atoms with Crippen molar-refractivity contribution in [2.45, 2.75) is 95.6 Å². The van der Waals surface area contributed by atoms with Crippen LogP contribution in [-0.2, 0) is 0 Å². The fourth-order valence-corrected chi connectivity index (χ4v) is 4.22. The highest BCUT2D eigenvalue weighted by molar-refractivity contribution is 5.01. The maximum absolute atomic E-state index is 10.8. The molecule has 1 heterocycles. The SMILES string of the molecule is CCCCCCCC(O)C1(N2CCCC2)CCCC1. The quantitative estimate of drug-likeness (QED) is 0.669. The first kappa shape index (κ1) is 15.3. The molecule has 2 aliphatic rings. The third-order valence-corrected chi connectivity index (χ3v) is 5.41. The predicted octanol–water partition coefficient (Wildman–Crippen LogP) is 4.12. The Kier molecular flexibility index (Phi) is 6.15. The summed E-state index contributed by atoms with van der Waals surface area (Å²) in [5, 5.41) is 10.8. The maximum Gasteiger partial charge on any atom is 0.0723 e. The summed E-state index contributed by atoms with van der Waals surface area (Å²) in [7, 11) is 0. The molecule has 0 aromatic rings.